The molecule has 2 amide bonds. The molecule has 0 aliphatic rings. The molecular formula is C22H25N3O3. The van der Waals surface area contributed by atoms with E-state index in [1.807, 2.05) is 48.7 Å². The van der Waals surface area contributed by atoms with Gasteiger partial charge in [-0.2, -0.15) is 0 Å². The van der Waals surface area contributed by atoms with Crippen molar-refractivity contribution in [1.82, 2.24) is 15.6 Å². The number of benzene rings is 2. The second-order valence-electron chi connectivity index (χ2n) is 6.63. The molecule has 2 aromatic carbocycles. The lowest BCUT2D eigenvalue weighted by atomic mass is 10.1. The molecule has 3 rings (SSSR count). The predicted octanol–water partition coefficient (Wildman–Crippen LogP) is 3.18. The van der Waals surface area contributed by atoms with Crippen LogP contribution in [0.5, 0.6) is 0 Å². The highest BCUT2D eigenvalue weighted by atomic mass is 16.5. The van der Waals surface area contributed by atoms with Crippen molar-refractivity contribution in [2.24, 2.45) is 0 Å². The standard InChI is InChI=1S/C22H25N3O3/c1-28-21(26)20(14-17-15-24-19-12-6-5-11-18(17)19)25-22(27)23-13-7-10-16-8-3-2-4-9-16/h2-6,8-9,11-12,15,20,24H,7,10,13-14H2,1H3,(H2,23,25,27). The molecule has 3 N–H and O–H groups in total. The Bertz CT molecular complexity index is 921. The number of H-pyrrole nitrogens is 1. The number of hydrogen-bond donors (Lipinski definition) is 3. The third-order valence-electron chi connectivity index (χ3n) is 4.66. The first-order valence-electron chi connectivity index (χ1n) is 9.38. The van der Waals surface area contributed by atoms with Crippen molar-refractivity contribution in [3.05, 3.63) is 71.9 Å². The number of aromatic amines is 1. The van der Waals surface area contributed by atoms with Gasteiger partial charge < -0.3 is 20.4 Å². The van der Waals surface area contributed by atoms with E-state index in [1.54, 1.807) is 0 Å². The highest BCUT2D eigenvalue weighted by Gasteiger charge is 2.23. The van der Waals surface area contributed by atoms with Gasteiger partial charge in [0.2, 0.25) is 0 Å². The van der Waals surface area contributed by atoms with Crippen molar-refractivity contribution >= 4 is 22.9 Å². The lowest BCUT2D eigenvalue weighted by molar-refractivity contribution is -0.142. The van der Waals surface area contributed by atoms with Gasteiger partial charge >= 0.3 is 12.0 Å². The van der Waals surface area contributed by atoms with Crippen LogP contribution in [-0.4, -0.2) is 36.7 Å². The van der Waals surface area contributed by atoms with Crippen LogP contribution in [0, 0.1) is 0 Å². The third kappa shape index (κ3) is 5.13. The molecule has 3 aromatic rings. The van der Waals surface area contributed by atoms with Gasteiger partial charge in [0, 0.05) is 30.1 Å². The Morgan fingerprint density at radius 1 is 1.07 bits per heavy atom. The summed E-state index contributed by atoms with van der Waals surface area (Å²) in [4.78, 5) is 27.6. The number of amides is 2. The number of carbonyl (C=O) groups is 2. The number of fused-ring (bicyclic) bond motifs is 1. The molecule has 146 valence electrons. The lowest BCUT2D eigenvalue weighted by Gasteiger charge is -2.17. The van der Waals surface area contributed by atoms with Crippen molar-refractivity contribution in [3.8, 4) is 0 Å². The van der Waals surface area contributed by atoms with Gasteiger partial charge in [0.15, 0.2) is 0 Å². The molecule has 0 aliphatic carbocycles. The molecule has 0 fully saturated rings. The number of ether oxygens (including phenoxy) is 1. The highest BCUT2D eigenvalue weighted by Crippen LogP contribution is 2.19. The number of nitrogens with one attached hydrogen (secondary N) is 3. The predicted molar refractivity (Wildman–Crippen MR) is 109 cm³/mol. The van der Waals surface area contributed by atoms with Gasteiger partial charge in [-0.05, 0) is 30.0 Å². The van der Waals surface area contributed by atoms with E-state index < -0.39 is 12.0 Å². The first-order valence-corrected chi connectivity index (χ1v) is 9.38. The van der Waals surface area contributed by atoms with E-state index in [0.717, 1.165) is 29.3 Å². The summed E-state index contributed by atoms with van der Waals surface area (Å²) >= 11 is 0. The molecule has 6 nitrogen and oxygen atoms in total. The van der Waals surface area contributed by atoms with Gasteiger partial charge in [0.25, 0.3) is 0 Å². The number of methoxy groups -OCH3 is 1. The Balaban J connectivity index is 1.53. The van der Waals surface area contributed by atoms with Crippen molar-refractivity contribution < 1.29 is 14.3 Å². The molecule has 1 heterocycles. The summed E-state index contributed by atoms with van der Waals surface area (Å²) in [5, 5.41) is 6.57. The molecular weight excluding hydrogens is 354 g/mol. The maximum Gasteiger partial charge on any atom is 0.328 e. The van der Waals surface area contributed by atoms with Gasteiger partial charge in [0.05, 0.1) is 7.11 Å². The quantitative estimate of drug-likeness (QED) is 0.415. The number of urea groups is 1. The van der Waals surface area contributed by atoms with Gasteiger partial charge in [-0.25, -0.2) is 9.59 Å². The molecule has 1 atom stereocenters. The second kappa shape index (κ2) is 9.60. The van der Waals surface area contributed by atoms with Crippen LogP contribution in [0.15, 0.2) is 60.8 Å². The third-order valence-corrected chi connectivity index (χ3v) is 4.66. The number of aryl methyl sites for hydroxylation is 1. The summed E-state index contributed by atoms with van der Waals surface area (Å²) < 4.78 is 4.87. The number of para-hydroxylation sites is 1. The fraction of sp³-hybridized carbons (Fsp3) is 0.273. The van der Waals surface area contributed by atoms with Gasteiger partial charge in [-0.3, -0.25) is 0 Å². The molecule has 0 bridgehead atoms. The van der Waals surface area contributed by atoms with Crippen LogP contribution in [0.25, 0.3) is 10.9 Å². The van der Waals surface area contributed by atoms with E-state index in [4.69, 9.17) is 4.74 Å². The molecule has 1 unspecified atom stereocenters. The van der Waals surface area contributed by atoms with Crippen molar-refractivity contribution in [1.29, 1.82) is 0 Å². The lowest BCUT2D eigenvalue weighted by Crippen LogP contribution is -2.47. The summed E-state index contributed by atoms with van der Waals surface area (Å²) in [5.74, 6) is -0.468. The summed E-state index contributed by atoms with van der Waals surface area (Å²) in [5.41, 5.74) is 3.18. The molecule has 0 saturated carbocycles. The topological polar surface area (TPSA) is 83.2 Å². The van der Waals surface area contributed by atoms with Crippen molar-refractivity contribution in [3.63, 3.8) is 0 Å². The first kappa shape index (κ1) is 19.5. The summed E-state index contributed by atoms with van der Waals surface area (Å²) in [6.07, 6.45) is 3.92. The minimum atomic E-state index is -0.752. The largest absolute Gasteiger partial charge is 0.467 e. The van der Waals surface area contributed by atoms with E-state index in [9.17, 15) is 9.59 Å². The maximum atomic E-state index is 12.2. The number of aromatic nitrogens is 1. The second-order valence-corrected chi connectivity index (χ2v) is 6.63. The smallest absolute Gasteiger partial charge is 0.328 e. The van der Waals surface area contributed by atoms with E-state index in [0.29, 0.717) is 13.0 Å². The number of esters is 1. The fourth-order valence-corrected chi connectivity index (χ4v) is 3.20. The van der Waals surface area contributed by atoms with E-state index in [1.165, 1.54) is 12.7 Å². The zero-order chi connectivity index (χ0) is 19.8. The van der Waals surface area contributed by atoms with Crippen LogP contribution in [0.2, 0.25) is 0 Å². The maximum absolute atomic E-state index is 12.2. The van der Waals surface area contributed by atoms with Crippen LogP contribution >= 0.6 is 0 Å². The van der Waals surface area contributed by atoms with E-state index >= 15 is 0 Å². The zero-order valence-electron chi connectivity index (χ0n) is 15.9. The summed E-state index contributed by atoms with van der Waals surface area (Å²) in [6.45, 7) is 0.529. The van der Waals surface area contributed by atoms with Crippen LogP contribution in [0.1, 0.15) is 17.5 Å². The highest BCUT2D eigenvalue weighted by molar-refractivity contribution is 5.86. The van der Waals surface area contributed by atoms with Crippen LogP contribution in [0.3, 0.4) is 0 Å². The SMILES string of the molecule is COC(=O)C(Cc1c[nH]c2ccccc12)NC(=O)NCCCc1ccccc1. The van der Waals surface area contributed by atoms with Crippen LogP contribution in [0.4, 0.5) is 4.79 Å². The number of rotatable bonds is 8. The monoisotopic (exact) mass is 379 g/mol. The molecule has 6 heteroatoms. The minimum Gasteiger partial charge on any atom is -0.467 e. The first-order chi connectivity index (χ1) is 13.7. The van der Waals surface area contributed by atoms with Crippen LogP contribution < -0.4 is 10.6 Å². The molecule has 0 spiro atoms. The zero-order valence-corrected chi connectivity index (χ0v) is 15.9. The van der Waals surface area contributed by atoms with Crippen molar-refractivity contribution in [2.45, 2.75) is 25.3 Å². The Hall–Kier alpha value is -3.28. The number of carbonyl (C=O) groups excluding carboxylic acids is 2. The number of hydrogen-bond acceptors (Lipinski definition) is 3. The van der Waals surface area contributed by atoms with E-state index in [-0.39, 0.29) is 6.03 Å². The average Bonchev–Trinajstić information content (AvgIpc) is 3.14. The molecule has 0 radical (unpaired) electrons. The molecule has 0 aliphatic heterocycles. The Morgan fingerprint density at radius 3 is 2.61 bits per heavy atom. The molecule has 0 saturated heterocycles. The Kier molecular flexibility index (Phi) is 6.68. The van der Waals surface area contributed by atoms with Gasteiger partial charge in [0.1, 0.15) is 6.04 Å². The van der Waals surface area contributed by atoms with E-state index in [2.05, 4.69) is 27.8 Å². The normalized spacial score (nSPS) is 11.8. The summed E-state index contributed by atoms with van der Waals surface area (Å²) in [7, 11) is 1.32. The molecule has 1 aromatic heterocycles. The fourth-order valence-electron chi connectivity index (χ4n) is 3.20. The van der Waals surface area contributed by atoms with Crippen molar-refractivity contribution in [2.75, 3.05) is 13.7 Å². The molecule has 28 heavy (non-hydrogen) atoms. The van der Waals surface area contributed by atoms with Gasteiger partial charge in [-0.15, -0.1) is 0 Å². The Labute approximate surface area is 164 Å². The van der Waals surface area contributed by atoms with Crippen LogP contribution in [-0.2, 0) is 22.4 Å². The van der Waals surface area contributed by atoms with Gasteiger partial charge in [-0.1, -0.05) is 48.5 Å². The Morgan fingerprint density at radius 2 is 1.82 bits per heavy atom. The minimum absolute atomic E-state index is 0.355. The summed E-state index contributed by atoms with van der Waals surface area (Å²) in [6, 6.07) is 16.8. The average molecular weight is 379 g/mol.